The Labute approximate surface area is 193 Å². The maximum absolute atomic E-state index is 13.0. The van der Waals surface area contributed by atoms with Gasteiger partial charge in [-0.1, -0.05) is 79.9 Å². The van der Waals surface area contributed by atoms with Gasteiger partial charge >= 0.3 is 12.1 Å². The summed E-state index contributed by atoms with van der Waals surface area (Å²) in [6.45, 7) is 0.0505. The third-order valence-electron chi connectivity index (χ3n) is 5.48. The number of amides is 2. The fraction of sp³-hybridized carbons (Fsp3) is 0.400. The number of alkyl carbamates (subject to hydrolysis) is 1. The number of carboxylic acid groups (broad SMARTS) is 1. The van der Waals surface area contributed by atoms with Crippen molar-refractivity contribution in [2.75, 3.05) is 0 Å². The number of rotatable bonds is 10. The van der Waals surface area contributed by atoms with Crippen LogP contribution >= 0.6 is 0 Å². The van der Waals surface area contributed by atoms with E-state index in [9.17, 15) is 19.5 Å². The van der Waals surface area contributed by atoms with Crippen molar-refractivity contribution in [2.45, 2.75) is 63.5 Å². The van der Waals surface area contributed by atoms with E-state index in [2.05, 4.69) is 10.6 Å². The summed E-state index contributed by atoms with van der Waals surface area (Å²) in [4.78, 5) is 37.1. The second-order valence-electron chi connectivity index (χ2n) is 8.07. The average Bonchev–Trinajstić information content (AvgIpc) is 2.84. The molecule has 0 heterocycles. The van der Waals surface area contributed by atoms with E-state index in [0.717, 1.165) is 43.2 Å². The van der Waals surface area contributed by atoms with Crippen LogP contribution in [0.2, 0.25) is 0 Å². The van der Waals surface area contributed by atoms with Gasteiger partial charge in [0.25, 0.3) is 0 Å². The van der Waals surface area contributed by atoms with Crippen LogP contribution in [0.3, 0.4) is 0 Å². The quantitative estimate of drug-likeness (QED) is 0.474. The van der Waals surface area contributed by atoms with Gasteiger partial charge in [0.1, 0.15) is 12.6 Å². The first kappa shape index (κ1) is 24.3. The molecule has 0 aromatic heterocycles. The van der Waals surface area contributed by atoms with Gasteiger partial charge in [-0.15, -0.1) is 0 Å². The first-order chi connectivity index (χ1) is 16.0. The topological polar surface area (TPSA) is 114 Å². The molecule has 8 heteroatoms. The zero-order valence-electron chi connectivity index (χ0n) is 18.4. The second-order valence-corrected chi connectivity index (χ2v) is 8.07. The van der Waals surface area contributed by atoms with E-state index in [1.165, 1.54) is 0 Å². The first-order valence-corrected chi connectivity index (χ1v) is 11.2. The Balaban J connectivity index is 1.64. The van der Waals surface area contributed by atoms with Crippen LogP contribution in [-0.4, -0.2) is 41.4 Å². The van der Waals surface area contributed by atoms with Gasteiger partial charge in [-0.2, -0.15) is 0 Å². The van der Waals surface area contributed by atoms with Gasteiger partial charge < -0.3 is 25.2 Å². The molecular weight excluding hydrogens is 424 g/mol. The summed E-state index contributed by atoms with van der Waals surface area (Å²) in [6.07, 6.45) is 2.26. The molecule has 33 heavy (non-hydrogen) atoms. The average molecular weight is 455 g/mol. The van der Waals surface area contributed by atoms with E-state index in [-0.39, 0.29) is 19.1 Å². The Kier molecular flexibility index (Phi) is 9.26. The van der Waals surface area contributed by atoms with Gasteiger partial charge in [-0.3, -0.25) is 4.79 Å². The van der Waals surface area contributed by atoms with E-state index in [0.29, 0.717) is 0 Å². The van der Waals surface area contributed by atoms with Gasteiger partial charge in [-0.25, -0.2) is 9.59 Å². The molecule has 3 N–H and O–H groups in total. The molecule has 2 amide bonds. The van der Waals surface area contributed by atoms with Gasteiger partial charge in [0.15, 0.2) is 0 Å². The zero-order valence-corrected chi connectivity index (χ0v) is 18.4. The van der Waals surface area contributed by atoms with Crippen molar-refractivity contribution < 1.29 is 29.0 Å². The van der Waals surface area contributed by atoms with Crippen LogP contribution in [0.1, 0.15) is 43.2 Å². The summed E-state index contributed by atoms with van der Waals surface area (Å²) in [7, 11) is 0. The van der Waals surface area contributed by atoms with Crippen molar-refractivity contribution in [3.05, 3.63) is 71.8 Å². The van der Waals surface area contributed by atoms with E-state index < -0.39 is 30.2 Å². The van der Waals surface area contributed by atoms with Crippen molar-refractivity contribution in [1.29, 1.82) is 0 Å². The van der Waals surface area contributed by atoms with E-state index in [4.69, 9.17) is 9.47 Å². The fourth-order valence-corrected chi connectivity index (χ4v) is 3.74. The molecule has 0 spiro atoms. The van der Waals surface area contributed by atoms with E-state index in [1.807, 2.05) is 60.7 Å². The molecule has 1 fully saturated rings. The molecule has 2 aromatic rings. The normalized spacial score (nSPS) is 15.8. The second kappa shape index (κ2) is 12.6. The number of carbonyl (C=O) groups excluding carboxylic acids is 2. The molecular formula is C25H30N2O6. The molecule has 0 aliphatic heterocycles. The molecule has 2 atom stereocenters. The molecule has 1 aliphatic rings. The molecule has 1 saturated carbocycles. The Morgan fingerprint density at radius 1 is 0.879 bits per heavy atom. The van der Waals surface area contributed by atoms with Crippen molar-refractivity contribution in [2.24, 2.45) is 0 Å². The first-order valence-electron chi connectivity index (χ1n) is 11.2. The Morgan fingerprint density at radius 3 is 2.09 bits per heavy atom. The van der Waals surface area contributed by atoms with Gasteiger partial charge in [0, 0.05) is 6.42 Å². The summed E-state index contributed by atoms with van der Waals surface area (Å²) < 4.78 is 10.9. The van der Waals surface area contributed by atoms with Crippen molar-refractivity contribution in [1.82, 2.24) is 10.6 Å². The molecule has 0 bridgehead atoms. The number of benzene rings is 2. The monoisotopic (exact) mass is 454 g/mol. The molecule has 0 radical (unpaired) electrons. The Morgan fingerprint density at radius 2 is 1.48 bits per heavy atom. The lowest BCUT2D eigenvalue weighted by molar-refractivity contribution is -0.162. The third kappa shape index (κ3) is 8.23. The number of ether oxygens (including phenoxy) is 2. The van der Waals surface area contributed by atoms with Crippen molar-refractivity contribution in [3.63, 3.8) is 0 Å². The highest BCUT2D eigenvalue weighted by atomic mass is 16.5. The maximum Gasteiger partial charge on any atom is 0.408 e. The van der Waals surface area contributed by atoms with Crippen LogP contribution in [0.4, 0.5) is 4.79 Å². The highest BCUT2D eigenvalue weighted by Gasteiger charge is 2.30. The van der Waals surface area contributed by atoms with Crippen molar-refractivity contribution in [3.8, 4) is 0 Å². The molecule has 176 valence electrons. The van der Waals surface area contributed by atoms with Crippen LogP contribution in [0.25, 0.3) is 0 Å². The molecule has 3 rings (SSSR count). The van der Waals surface area contributed by atoms with E-state index >= 15 is 0 Å². The predicted octanol–water partition coefficient (Wildman–Crippen LogP) is 3.40. The number of hydrogen-bond donors (Lipinski definition) is 3. The Hall–Kier alpha value is -3.39. The highest BCUT2D eigenvalue weighted by molar-refractivity contribution is 5.89. The molecule has 0 saturated heterocycles. The molecule has 2 aromatic carbocycles. The standard InChI is InChI=1S/C25H30N2O6/c28-22(27-23(24(29)30)33-20-14-8-3-9-15-20)21(16-18-10-4-1-5-11-18)26-25(31)32-17-19-12-6-2-7-13-19/h1-2,4-7,10-13,20-21,23H,3,8-9,14-17H2,(H,26,31)(H,27,28)(H,29,30)/t21-,23?/m0/s1. The predicted molar refractivity (Wildman–Crippen MR) is 121 cm³/mol. The summed E-state index contributed by atoms with van der Waals surface area (Å²) in [5.41, 5.74) is 1.62. The number of aliphatic carboxylic acids is 1. The summed E-state index contributed by atoms with van der Waals surface area (Å²) in [5.74, 6) is -1.93. The number of nitrogens with one attached hydrogen (secondary N) is 2. The van der Waals surface area contributed by atoms with Crippen LogP contribution < -0.4 is 10.6 Å². The van der Waals surface area contributed by atoms with E-state index in [1.54, 1.807) is 0 Å². The minimum Gasteiger partial charge on any atom is -0.478 e. The van der Waals surface area contributed by atoms with Crippen LogP contribution in [0.5, 0.6) is 0 Å². The minimum absolute atomic E-state index is 0.0505. The minimum atomic E-state index is -1.49. The summed E-state index contributed by atoms with van der Waals surface area (Å²) in [6, 6.07) is 17.3. The number of carbonyl (C=O) groups is 3. The third-order valence-corrected chi connectivity index (χ3v) is 5.48. The van der Waals surface area contributed by atoms with Gasteiger partial charge in [0.05, 0.1) is 6.10 Å². The lowest BCUT2D eigenvalue weighted by Gasteiger charge is -2.27. The SMILES string of the molecule is O=C(N[C@@H](Cc1ccccc1)C(=O)NC(OC1CCCCC1)C(=O)O)OCc1ccccc1. The van der Waals surface area contributed by atoms with Crippen LogP contribution in [0.15, 0.2) is 60.7 Å². The number of hydrogen-bond acceptors (Lipinski definition) is 5. The lowest BCUT2D eigenvalue weighted by Crippen LogP contribution is -2.54. The molecule has 1 unspecified atom stereocenters. The fourth-order valence-electron chi connectivity index (χ4n) is 3.74. The maximum atomic E-state index is 13.0. The van der Waals surface area contributed by atoms with Gasteiger partial charge in [-0.05, 0) is 24.0 Å². The molecule has 1 aliphatic carbocycles. The highest BCUT2D eigenvalue weighted by Crippen LogP contribution is 2.21. The van der Waals surface area contributed by atoms with Crippen LogP contribution in [0, 0.1) is 0 Å². The zero-order chi connectivity index (χ0) is 23.5. The number of carboxylic acids is 1. The van der Waals surface area contributed by atoms with Crippen LogP contribution in [-0.2, 0) is 32.1 Å². The Bertz CT molecular complexity index is 900. The largest absolute Gasteiger partial charge is 0.478 e. The van der Waals surface area contributed by atoms with Gasteiger partial charge in [0.2, 0.25) is 12.1 Å². The van der Waals surface area contributed by atoms with Crippen molar-refractivity contribution >= 4 is 18.0 Å². The smallest absolute Gasteiger partial charge is 0.408 e. The summed E-state index contributed by atoms with van der Waals surface area (Å²) in [5, 5.41) is 14.6. The molecule has 8 nitrogen and oxygen atoms in total. The summed E-state index contributed by atoms with van der Waals surface area (Å²) >= 11 is 0. The lowest BCUT2D eigenvalue weighted by atomic mass is 9.98.